The molecule has 2 rings (SSSR count). The number of hydrogen-bond acceptors (Lipinski definition) is 3. The summed E-state index contributed by atoms with van der Waals surface area (Å²) in [6, 6.07) is 4.49. The summed E-state index contributed by atoms with van der Waals surface area (Å²) < 4.78 is 25.9. The second kappa shape index (κ2) is 8.09. The number of anilines is 1. The van der Waals surface area contributed by atoms with E-state index in [9.17, 15) is 8.42 Å². The van der Waals surface area contributed by atoms with Crippen LogP contribution in [0.5, 0.6) is 0 Å². The van der Waals surface area contributed by atoms with Gasteiger partial charge >= 0.3 is 0 Å². The third-order valence-electron chi connectivity index (χ3n) is 5.08. The molecular weight excluding hydrogens is 332 g/mol. The second-order valence-electron chi connectivity index (χ2n) is 8.39. The zero-order valence-electron chi connectivity index (χ0n) is 16.4. The topological polar surface area (TPSA) is 58.2 Å². The number of fused-ring (bicyclic) bond motifs is 1. The fourth-order valence-electron chi connectivity index (χ4n) is 3.35. The van der Waals surface area contributed by atoms with Gasteiger partial charge in [0.25, 0.3) is 0 Å². The summed E-state index contributed by atoms with van der Waals surface area (Å²) in [6.45, 7) is 11.2. The monoisotopic (exact) mass is 366 g/mol. The summed E-state index contributed by atoms with van der Waals surface area (Å²) >= 11 is 0. The summed E-state index contributed by atoms with van der Waals surface area (Å²) in [4.78, 5) is 0. The van der Waals surface area contributed by atoms with Crippen molar-refractivity contribution in [3.8, 4) is 0 Å². The van der Waals surface area contributed by atoms with E-state index in [1.807, 2.05) is 0 Å². The first-order chi connectivity index (χ1) is 11.6. The van der Waals surface area contributed by atoms with Crippen molar-refractivity contribution in [2.24, 2.45) is 5.92 Å². The minimum Gasteiger partial charge on any atom is -0.385 e. The van der Waals surface area contributed by atoms with Crippen molar-refractivity contribution in [3.63, 3.8) is 0 Å². The lowest BCUT2D eigenvalue weighted by Gasteiger charge is -2.19. The van der Waals surface area contributed by atoms with Crippen molar-refractivity contribution in [2.45, 2.75) is 71.5 Å². The molecule has 2 N–H and O–H groups in total. The lowest BCUT2D eigenvalue weighted by Crippen LogP contribution is -2.39. The van der Waals surface area contributed by atoms with Gasteiger partial charge in [0.15, 0.2) is 0 Å². The number of hydrogen-bond donors (Lipinski definition) is 2. The van der Waals surface area contributed by atoms with Crippen LogP contribution in [0.3, 0.4) is 0 Å². The van der Waals surface area contributed by atoms with Crippen molar-refractivity contribution in [2.75, 3.05) is 18.4 Å². The number of unbranched alkanes of at least 4 members (excludes halogenated alkanes) is 2. The van der Waals surface area contributed by atoms with E-state index in [-0.39, 0.29) is 0 Å². The van der Waals surface area contributed by atoms with Crippen molar-refractivity contribution in [3.05, 3.63) is 28.8 Å². The largest absolute Gasteiger partial charge is 0.385 e. The first kappa shape index (κ1) is 20.2. The van der Waals surface area contributed by atoms with E-state index in [0.717, 1.165) is 31.7 Å². The van der Waals surface area contributed by atoms with Gasteiger partial charge in [0.2, 0.25) is 10.0 Å². The van der Waals surface area contributed by atoms with Crippen LogP contribution < -0.4 is 10.0 Å². The minimum absolute atomic E-state index is 0.523. The zero-order valence-corrected chi connectivity index (χ0v) is 17.2. The molecule has 0 fully saturated rings. The highest BCUT2D eigenvalue weighted by Gasteiger charge is 2.27. The third kappa shape index (κ3) is 5.20. The molecule has 1 aromatic carbocycles. The number of sulfonamides is 1. The Hall–Kier alpha value is -1.07. The summed E-state index contributed by atoms with van der Waals surface area (Å²) in [7, 11) is -3.22. The van der Waals surface area contributed by atoms with E-state index in [1.54, 1.807) is 20.8 Å². The average molecular weight is 367 g/mol. The molecule has 142 valence electrons. The Bertz CT molecular complexity index is 690. The molecule has 0 saturated carbocycles. The van der Waals surface area contributed by atoms with Crippen molar-refractivity contribution in [1.82, 2.24) is 4.72 Å². The number of rotatable bonds is 8. The quantitative estimate of drug-likeness (QED) is 0.683. The summed E-state index contributed by atoms with van der Waals surface area (Å²) in [5.74, 6) is 0.765. The molecule has 0 aliphatic heterocycles. The van der Waals surface area contributed by atoms with Gasteiger partial charge in [-0.1, -0.05) is 19.4 Å². The summed E-state index contributed by atoms with van der Waals surface area (Å²) in [5, 5.41) is 3.55. The van der Waals surface area contributed by atoms with Crippen molar-refractivity contribution in [1.29, 1.82) is 0 Å². The van der Waals surface area contributed by atoms with Gasteiger partial charge in [-0.2, -0.15) is 0 Å². The van der Waals surface area contributed by atoms with Crippen LogP contribution in [0.25, 0.3) is 0 Å². The number of benzene rings is 1. The van der Waals surface area contributed by atoms with Gasteiger partial charge < -0.3 is 5.32 Å². The molecule has 1 aliphatic rings. The molecule has 0 spiro atoms. The molecule has 0 heterocycles. The molecule has 1 aromatic rings. The van der Waals surface area contributed by atoms with E-state index in [0.29, 0.717) is 6.54 Å². The van der Waals surface area contributed by atoms with Gasteiger partial charge in [0, 0.05) is 18.8 Å². The van der Waals surface area contributed by atoms with Gasteiger partial charge in [0.1, 0.15) is 0 Å². The normalized spacial score (nSPS) is 17.6. The maximum atomic E-state index is 12.0. The molecule has 1 atom stereocenters. The Kier molecular flexibility index (Phi) is 6.55. The predicted molar refractivity (Wildman–Crippen MR) is 107 cm³/mol. The SMILES string of the molecule is Cc1c(NCCCCCNS(=O)(=O)C(C)(C)C)ccc2c1CC(C)C2. The summed E-state index contributed by atoms with van der Waals surface area (Å²) in [5.41, 5.74) is 5.71. The maximum Gasteiger partial charge on any atom is 0.216 e. The van der Waals surface area contributed by atoms with Gasteiger partial charge in [-0.3, -0.25) is 0 Å². The van der Waals surface area contributed by atoms with Gasteiger partial charge in [0.05, 0.1) is 4.75 Å². The lowest BCUT2D eigenvalue weighted by molar-refractivity contribution is 0.540. The second-order valence-corrected chi connectivity index (χ2v) is 10.9. The standard InChI is InChI=1S/C20H34N2O2S/c1-15-13-17-9-10-19(16(2)18(17)14-15)21-11-7-6-8-12-22-25(23,24)20(3,4)5/h9-10,15,21-22H,6-8,11-14H2,1-5H3. The molecule has 0 saturated heterocycles. The van der Waals surface area contributed by atoms with Crippen LogP contribution in [0.4, 0.5) is 5.69 Å². The Morgan fingerprint density at radius 1 is 1.08 bits per heavy atom. The minimum atomic E-state index is -3.22. The highest BCUT2D eigenvalue weighted by atomic mass is 32.2. The fraction of sp³-hybridized carbons (Fsp3) is 0.700. The molecule has 0 amide bonds. The highest BCUT2D eigenvalue weighted by molar-refractivity contribution is 7.90. The van der Waals surface area contributed by atoms with Crippen LogP contribution >= 0.6 is 0 Å². The fourth-order valence-corrected chi connectivity index (χ4v) is 4.19. The first-order valence-electron chi connectivity index (χ1n) is 9.46. The smallest absolute Gasteiger partial charge is 0.216 e. The molecule has 1 unspecified atom stereocenters. The average Bonchev–Trinajstić information content (AvgIpc) is 2.88. The van der Waals surface area contributed by atoms with E-state index < -0.39 is 14.8 Å². The van der Waals surface area contributed by atoms with E-state index in [4.69, 9.17) is 0 Å². The third-order valence-corrected chi connectivity index (χ3v) is 7.28. The molecule has 0 radical (unpaired) electrons. The Morgan fingerprint density at radius 3 is 2.44 bits per heavy atom. The molecule has 1 aliphatic carbocycles. The van der Waals surface area contributed by atoms with Crippen LogP contribution in [-0.2, 0) is 22.9 Å². The zero-order chi connectivity index (χ0) is 18.7. The van der Waals surface area contributed by atoms with Crippen molar-refractivity contribution < 1.29 is 8.42 Å². The van der Waals surface area contributed by atoms with Crippen LogP contribution in [0.15, 0.2) is 12.1 Å². The Labute approximate surface area is 153 Å². The van der Waals surface area contributed by atoms with Crippen LogP contribution in [0.2, 0.25) is 0 Å². The predicted octanol–water partition coefficient (Wildman–Crippen LogP) is 4.03. The Morgan fingerprint density at radius 2 is 1.76 bits per heavy atom. The summed E-state index contributed by atoms with van der Waals surface area (Å²) in [6.07, 6.45) is 5.34. The molecule has 0 bridgehead atoms. The lowest BCUT2D eigenvalue weighted by atomic mass is 10.0. The molecular formula is C20H34N2O2S. The first-order valence-corrected chi connectivity index (χ1v) is 10.9. The maximum absolute atomic E-state index is 12.0. The molecule has 25 heavy (non-hydrogen) atoms. The van der Waals surface area contributed by atoms with Gasteiger partial charge in [-0.25, -0.2) is 13.1 Å². The van der Waals surface area contributed by atoms with Gasteiger partial charge in [-0.05, 0) is 82.1 Å². The van der Waals surface area contributed by atoms with Crippen LogP contribution in [0.1, 0.15) is 63.6 Å². The van der Waals surface area contributed by atoms with Crippen LogP contribution in [0, 0.1) is 12.8 Å². The van der Waals surface area contributed by atoms with Gasteiger partial charge in [-0.15, -0.1) is 0 Å². The molecule has 0 aromatic heterocycles. The van der Waals surface area contributed by atoms with E-state index >= 15 is 0 Å². The van der Waals surface area contributed by atoms with E-state index in [2.05, 4.69) is 36.0 Å². The van der Waals surface area contributed by atoms with E-state index in [1.165, 1.54) is 35.2 Å². The molecule has 4 nitrogen and oxygen atoms in total. The molecule has 5 heteroatoms. The number of nitrogens with one attached hydrogen (secondary N) is 2. The highest BCUT2D eigenvalue weighted by Crippen LogP contribution is 2.32. The van der Waals surface area contributed by atoms with Crippen LogP contribution in [-0.4, -0.2) is 26.3 Å². The Balaban J connectivity index is 1.69. The van der Waals surface area contributed by atoms with Crippen molar-refractivity contribution >= 4 is 15.7 Å².